The number of rotatable bonds is 0. The summed E-state index contributed by atoms with van der Waals surface area (Å²) in [5.74, 6) is -1.35. The highest BCUT2D eigenvalue weighted by atomic mass is 17.3. The molecule has 0 aromatic heterocycles. The highest BCUT2D eigenvalue weighted by Gasteiger charge is 2.75. The summed E-state index contributed by atoms with van der Waals surface area (Å²) in [6, 6.07) is 0. The second-order valence-corrected chi connectivity index (χ2v) is 7.66. The van der Waals surface area contributed by atoms with Gasteiger partial charge in [0.25, 0.3) is 0 Å². The summed E-state index contributed by atoms with van der Waals surface area (Å²) < 4.78 is 12.0. The molecule has 5 aliphatic rings. The molecule has 4 saturated heterocycles. The van der Waals surface area contributed by atoms with E-state index in [1.165, 1.54) is 0 Å². The first kappa shape index (κ1) is 14.0. The lowest BCUT2D eigenvalue weighted by Crippen LogP contribution is -2.75. The molecule has 5 rings (SSSR count). The zero-order valence-electron chi connectivity index (χ0n) is 13.2. The SMILES string of the molecule is C[C@@H]1CC[C@H]2[C@@H](C)C(=O)O[C@]3(C)OC4(C)CC[C@@H]1[C@@]23OO4. The Morgan fingerprint density at radius 1 is 1.05 bits per heavy atom. The van der Waals surface area contributed by atoms with Gasteiger partial charge in [-0.25, -0.2) is 9.78 Å². The van der Waals surface area contributed by atoms with Gasteiger partial charge in [0.1, 0.15) is 0 Å². The van der Waals surface area contributed by atoms with Crippen molar-refractivity contribution in [3.05, 3.63) is 0 Å². The largest absolute Gasteiger partial charge is 0.430 e. The average Bonchev–Trinajstić information content (AvgIpc) is 2.61. The second kappa shape index (κ2) is 4.00. The third-order valence-electron chi connectivity index (χ3n) is 6.38. The first-order chi connectivity index (χ1) is 9.81. The fourth-order valence-corrected chi connectivity index (χ4v) is 5.27. The van der Waals surface area contributed by atoms with Crippen molar-refractivity contribution in [2.45, 2.75) is 70.6 Å². The van der Waals surface area contributed by atoms with Crippen LogP contribution in [-0.4, -0.2) is 23.1 Å². The lowest BCUT2D eigenvalue weighted by molar-refractivity contribution is -0.584. The first-order valence-corrected chi connectivity index (χ1v) is 8.11. The van der Waals surface area contributed by atoms with Gasteiger partial charge in [-0.15, -0.1) is 0 Å². The van der Waals surface area contributed by atoms with Gasteiger partial charge in [0, 0.05) is 25.2 Å². The Balaban J connectivity index is 1.90. The molecule has 21 heavy (non-hydrogen) atoms. The fraction of sp³-hybridized carbons (Fsp3) is 0.938. The van der Waals surface area contributed by atoms with Crippen molar-refractivity contribution < 1.29 is 24.0 Å². The maximum atomic E-state index is 12.3. The summed E-state index contributed by atoms with van der Waals surface area (Å²) >= 11 is 0. The van der Waals surface area contributed by atoms with Crippen molar-refractivity contribution in [2.75, 3.05) is 0 Å². The van der Waals surface area contributed by atoms with Crippen LogP contribution in [0.5, 0.6) is 0 Å². The van der Waals surface area contributed by atoms with E-state index in [1.54, 1.807) is 0 Å². The van der Waals surface area contributed by atoms with Gasteiger partial charge in [-0.3, -0.25) is 4.79 Å². The third-order valence-corrected chi connectivity index (χ3v) is 6.38. The molecule has 1 aliphatic carbocycles. The number of hydrogen-bond donors (Lipinski definition) is 0. The van der Waals surface area contributed by atoms with Crippen LogP contribution in [0.1, 0.15) is 53.4 Å². The number of fused-ring (bicyclic) bond motifs is 2. The van der Waals surface area contributed by atoms with Crippen molar-refractivity contribution in [3.63, 3.8) is 0 Å². The van der Waals surface area contributed by atoms with E-state index in [0.29, 0.717) is 11.8 Å². The number of carbonyl (C=O) groups is 1. The maximum absolute atomic E-state index is 12.3. The Labute approximate surface area is 125 Å². The van der Waals surface area contributed by atoms with Crippen molar-refractivity contribution in [3.8, 4) is 0 Å². The normalized spacial score (nSPS) is 59.1. The first-order valence-electron chi connectivity index (χ1n) is 8.11. The minimum Gasteiger partial charge on any atom is -0.430 e. The Morgan fingerprint density at radius 2 is 1.81 bits per heavy atom. The van der Waals surface area contributed by atoms with Crippen molar-refractivity contribution in [1.82, 2.24) is 0 Å². The zero-order chi connectivity index (χ0) is 15.0. The van der Waals surface area contributed by atoms with E-state index < -0.39 is 17.2 Å². The van der Waals surface area contributed by atoms with Gasteiger partial charge in [-0.1, -0.05) is 13.8 Å². The van der Waals surface area contributed by atoms with E-state index in [0.717, 1.165) is 25.7 Å². The van der Waals surface area contributed by atoms with E-state index in [9.17, 15) is 4.79 Å². The molecule has 0 aromatic rings. The monoisotopic (exact) mass is 296 g/mol. The summed E-state index contributed by atoms with van der Waals surface area (Å²) in [5.41, 5.74) is -0.673. The maximum Gasteiger partial charge on any atom is 0.311 e. The summed E-state index contributed by atoms with van der Waals surface area (Å²) in [7, 11) is 0. The zero-order valence-corrected chi connectivity index (χ0v) is 13.2. The van der Waals surface area contributed by atoms with E-state index in [1.807, 2.05) is 20.8 Å². The molecule has 1 unspecified atom stereocenters. The minimum atomic E-state index is -1.05. The van der Waals surface area contributed by atoms with Crippen LogP contribution in [0.3, 0.4) is 0 Å². The number of esters is 1. The predicted molar refractivity (Wildman–Crippen MR) is 72.7 cm³/mol. The molecule has 0 radical (unpaired) electrons. The molecule has 5 nitrogen and oxygen atoms in total. The number of ether oxygens (including phenoxy) is 2. The van der Waals surface area contributed by atoms with Crippen molar-refractivity contribution >= 4 is 5.97 Å². The molecule has 4 aliphatic heterocycles. The van der Waals surface area contributed by atoms with Crippen LogP contribution in [0.2, 0.25) is 0 Å². The van der Waals surface area contributed by atoms with Gasteiger partial charge < -0.3 is 9.47 Å². The second-order valence-electron chi connectivity index (χ2n) is 7.66. The minimum absolute atomic E-state index is 0.0904. The quantitative estimate of drug-likeness (QED) is 0.508. The predicted octanol–water partition coefficient (Wildman–Crippen LogP) is 2.79. The summed E-state index contributed by atoms with van der Waals surface area (Å²) in [5, 5.41) is 0. The van der Waals surface area contributed by atoms with Crippen LogP contribution in [-0.2, 0) is 24.0 Å². The van der Waals surface area contributed by atoms with Crippen LogP contribution in [0.25, 0.3) is 0 Å². The lowest BCUT2D eigenvalue weighted by Gasteiger charge is -2.62. The highest BCUT2D eigenvalue weighted by Crippen LogP contribution is 2.63. The van der Waals surface area contributed by atoms with Crippen molar-refractivity contribution in [1.29, 1.82) is 0 Å². The topological polar surface area (TPSA) is 54.0 Å². The van der Waals surface area contributed by atoms with E-state index in [-0.39, 0.29) is 17.8 Å². The molecule has 0 N–H and O–H groups in total. The summed E-state index contributed by atoms with van der Waals surface area (Å²) in [6.45, 7) is 7.94. The van der Waals surface area contributed by atoms with Crippen LogP contribution in [0.15, 0.2) is 0 Å². The standard InChI is InChI=1S/C16H24O5/c1-9-5-6-12-10(2)13(17)18-15(4)16(12)11(9)7-8-14(3,19-15)20-21-16/h9-12H,5-8H2,1-4H3/t9-,10-,11+,12+,14?,15-,16-/m1/s1. The Kier molecular flexibility index (Phi) is 2.66. The molecule has 1 saturated carbocycles. The Hall–Kier alpha value is -0.650. The average molecular weight is 296 g/mol. The smallest absolute Gasteiger partial charge is 0.311 e. The fourth-order valence-electron chi connectivity index (χ4n) is 5.27. The van der Waals surface area contributed by atoms with Gasteiger partial charge in [0.05, 0.1) is 5.92 Å². The molecule has 5 heteroatoms. The van der Waals surface area contributed by atoms with Crippen LogP contribution in [0.4, 0.5) is 0 Å². The third kappa shape index (κ3) is 1.55. The molecule has 2 bridgehead atoms. The number of hydrogen-bond acceptors (Lipinski definition) is 5. The molecule has 4 heterocycles. The lowest BCUT2D eigenvalue weighted by atomic mass is 9.56. The molecule has 1 spiro atoms. The Morgan fingerprint density at radius 3 is 2.57 bits per heavy atom. The van der Waals surface area contributed by atoms with Gasteiger partial charge in [-0.05, 0) is 32.1 Å². The van der Waals surface area contributed by atoms with Crippen LogP contribution >= 0.6 is 0 Å². The van der Waals surface area contributed by atoms with E-state index in [2.05, 4.69) is 6.92 Å². The molecule has 7 atom stereocenters. The molecule has 0 aromatic carbocycles. The summed E-state index contributed by atoms with van der Waals surface area (Å²) in [6.07, 6.45) is 3.81. The van der Waals surface area contributed by atoms with Crippen LogP contribution < -0.4 is 0 Å². The van der Waals surface area contributed by atoms with E-state index in [4.69, 9.17) is 19.2 Å². The van der Waals surface area contributed by atoms with Crippen molar-refractivity contribution in [2.24, 2.45) is 23.7 Å². The molecular formula is C16H24O5. The van der Waals surface area contributed by atoms with Gasteiger partial charge in [0.2, 0.25) is 11.6 Å². The van der Waals surface area contributed by atoms with E-state index >= 15 is 0 Å². The van der Waals surface area contributed by atoms with Crippen LogP contribution in [0, 0.1) is 23.7 Å². The molecule has 5 fully saturated rings. The Bertz CT molecular complexity index is 493. The van der Waals surface area contributed by atoms with Gasteiger partial charge in [0.15, 0.2) is 5.60 Å². The number of carbonyl (C=O) groups excluding carboxylic acids is 1. The summed E-state index contributed by atoms with van der Waals surface area (Å²) in [4.78, 5) is 24.0. The van der Waals surface area contributed by atoms with Gasteiger partial charge in [-0.2, -0.15) is 0 Å². The van der Waals surface area contributed by atoms with Gasteiger partial charge >= 0.3 is 5.97 Å². The molecule has 0 amide bonds. The molecular weight excluding hydrogens is 272 g/mol. The highest BCUT2D eigenvalue weighted by molar-refractivity contribution is 5.74. The molecule has 118 valence electrons.